The number of anilines is 2. The molecule has 0 saturated heterocycles. The molecular formula is C15H13Br3N2O. The first kappa shape index (κ1) is 16.5. The molecule has 21 heavy (non-hydrogen) atoms. The predicted octanol–water partition coefficient (Wildman–Crippen LogP) is 5.13. The molecule has 1 amide bonds. The van der Waals surface area contributed by atoms with Crippen molar-refractivity contribution in [2.75, 3.05) is 11.1 Å². The fraction of sp³-hybridized carbons (Fsp3) is 0.133. The lowest BCUT2D eigenvalue weighted by atomic mass is 10.1. The number of hydrogen-bond donors (Lipinski definition) is 2. The van der Waals surface area contributed by atoms with Crippen molar-refractivity contribution in [2.24, 2.45) is 0 Å². The molecule has 3 N–H and O–H groups in total. The molecule has 0 heterocycles. The van der Waals surface area contributed by atoms with E-state index < -0.39 is 0 Å². The minimum atomic E-state index is -0.0406. The summed E-state index contributed by atoms with van der Waals surface area (Å²) in [6.07, 6.45) is 1.06. The molecule has 0 spiro atoms. The molecule has 0 radical (unpaired) electrons. The van der Waals surface area contributed by atoms with Crippen molar-refractivity contribution in [2.45, 2.75) is 12.8 Å². The van der Waals surface area contributed by atoms with Gasteiger partial charge >= 0.3 is 0 Å². The van der Waals surface area contributed by atoms with Gasteiger partial charge in [-0.3, -0.25) is 4.79 Å². The fourth-order valence-electron chi connectivity index (χ4n) is 1.87. The average molecular weight is 477 g/mol. The van der Waals surface area contributed by atoms with Crippen LogP contribution >= 0.6 is 47.8 Å². The van der Waals surface area contributed by atoms with E-state index in [2.05, 4.69) is 53.1 Å². The Morgan fingerprint density at radius 3 is 2.38 bits per heavy atom. The van der Waals surface area contributed by atoms with Gasteiger partial charge in [-0.1, -0.05) is 28.1 Å². The normalized spacial score (nSPS) is 10.4. The Balaban J connectivity index is 1.99. The number of amides is 1. The van der Waals surface area contributed by atoms with Crippen LogP contribution in [0.25, 0.3) is 0 Å². The molecule has 0 fully saturated rings. The Hall–Kier alpha value is -0.850. The minimum Gasteiger partial charge on any atom is -0.399 e. The quantitative estimate of drug-likeness (QED) is 0.601. The highest BCUT2D eigenvalue weighted by Crippen LogP contribution is 2.34. The molecule has 0 unspecified atom stereocenters. The number of nitrogens with one attached hydrogen (secondary N) is 1. The molecule has 0 atom stereocenters. The Bertz CT molecular complexity index is 651. The highest BCUT2D eigenvalue weighted by molar-refractivity contribution is 9.11. The van der Waals surface area contributed by atoms with Crippen LogP contribution in [-0.2, 0) is 11.2 Å². The van der Waals surface area contributed by atoms with Crippen molar-refractivity contribution >= 4 is 65.1 Å². The molecule has 2 rings (SSSR count). The maximum atomic E-state index is 12.1. The monoisotopic (exact) mass is 474 g/mol. The summed E-state index contributed by atoms with van der Waals surface area (Å²) in [5.41, 5.74) is 8.23. The van der Waals surface area contributed by atoms with E-state index in [4.69, 9.17) is 5.73 Å². The number of carbonyl (C=O) groups is 1. The molecule has 6 heteroatoms. The van der Waals surface area contributed by atoms with E-state index in [0.717, 1.165) is 24.7 Å². The molecular weight excluding hydrogens is 464 g/mol. The molecule has 0 aliphatic carbocycles. The summed E-state index contributed by atoms with van der Waals surface area (Å²) in [6, 6.07) is 11.4. The molecule has 2 aromatic rings. The van der Waals surface area contributed by atoms with Gasteiger partial charge in [0.25, 0.3) is 0 Å². The summed E-state index contributed by atoms with van der Waals surface area (Å²) < 4.78 is 2.57. The molecule has 0 saturated carbocycles. The van der Waals surface area contributed by atoms with Gasteiger partial charge in [0.05, 0.1) is 5.69 Å². The predicted molar refractivity (Wildman–Crippen MR) is 97.3 cm³/mol. The number of hydrogen-bond acceptors (Lipinski definition) is 2. The summed E-state index contributed by atoms with van der Waals surface area (Å²) in [6.45, 7) is 0. The van der Waals surface area contributed by atoms with Crippen molar-refractivity contribution < 1.29 is 4.79 Å². The van der Waals surface area contributed by atoms with Gasteiger partial charge in [0.2, 0.25) is 5.91 Å². The smallest absolute Gasteiger partial charge is 0.224 e. The Kier molecular flexibility index (Phi) is 5.84. The maximum absolute atomic E-state index is 12.1. The first-order valence-electron chi connectivity index (χ1n) is 6.24. The summed E-state index contributed by atoms with van der Waals surface area (Å²) in [7, 11) is 0. The lowest BCUT2D eigenvalue weighted by molar-refractivity contribution is -0.116. The van der Waals surface area contributed by atoms with Gasteiger partial charge < -0.3 is 11.1 Å². The second-order valence-electron chi connectivity index (χ2n) is 4.54. The van der Waals surface area contributed by atoms with Gasteiger partial charge in [-0.15, -0.1) is 0 Å². The molecule has 110 valence electrons. The third-order valence-electron chi connectivity index (χ3n) is 2.86. The van der Waals surface area contributed by atoms with Crippen LogP contribution in [0, 0.1) is 0 Å². The lowest BCUT2D eigenvalue weighted by Gasteiger charge is -2.10. The molecule has 3 nitrogen and oxygen atoms in total. The van der Waals surface area contributed by atoms with Crippen LogP contribution in [0.1, 0.15) is 12.0 Å². The van der Waals surface area contributed by atoms with Crippen molar-refractivity contribution in [3.63, 3.8) is 0 Å². The van der Waals surface area contributed by atoms with Gasteiger partial charge in [-0.2, -0.15) is 0 Å². The standard InChI is InChI=1S/C15H13Br3N2O/c16-10-7-12(17)15(13(18)8-10)20-14(21)5-4-9-2-1-3-11(19)6-9/h1-3,6-8H,4-5,19H2,(H,20,21). The second kappa shape index (κ2) is 7.42. The van der Waals surface area contributed by atoms with Crippen molar-refractivity contribution in [3.05, 3.63) is 55.4 Å². The largest absolute Gasteiger partial charge is 0.399 e. The van der Waals surface area contributed by atoms with Gasteiger partial charge in [-0.05, 0) is 68.1 Å². The zero-order valence-electron chi connectivity index (χ0n) is 11.0. The third kappa shape index (κ3) is 4.83. The van der Waals surface area contributed by atoms with Gasteiger partial charge in [0.1, 0.15) is 0 Å². The Labute approximate surface area is 148 Å². The average Bonchev–Trinajstić information content (AvgIpc) is 2.40. The lowest BCUT2D eigenvalue weighted by Crippen LogP contribution is -2.13. The second-order valence-corrected chi connectivity index (χ2v) is 7.16. The van der Waals surface area contributed by atoms with Crippen molar-refractivity contribution in [1.29, 1.82) is 0 Å². The van der Waals surface area contributed by atoms with Crippen LogP contribution < -0.4 is 11.1 Å². The zero-order chi connectivity index (χ0) is 15.4. The summed E-state index contributed by atoms with van der Waals surface area (Å²) >= 11 is 10.3. The van der Waals surface area contributed by atoms with Crippen LogP contribution in [-0.4, -0.2) is 5.91 Å². The number of benzene rings is 2. The van der Waals surface area contributed by atoms with Crippen molar-refractivity contribution in [1.82, 2.24) is 0 Å². The number of nitrogens with two attached hydrogens (primary N) is 1. The third-order valence-corrected chi connectivity index (χ3v) is 4.57. The van der Waals surface area contributed by atoms with Crippen LogP contribution in [0.2, 0.25) is 0 Å². The van der Waals surface area contributed by atoms with E-state index in [1.807, 2.05) is 36.4 Å². The first-order chi connectivity index (χ1) is 9.95. The number of aryl methyl sites for hydroxylation is 1. The number of rotatable bonds is 4. The maximum Gasteiger partial charge on any atom is 0.224 e. The molecule has 2 aromatic carbocycles. The Morgan fingerprint density at radius 2 is 1.76 bits per heavy atom. The van der Waals surface area contributed by atoms with Gasteiger partial charge in [0, 0.05) is 25.5 Å². The number of carbonyl (C=O) groups excluding carboxylic acids is 1. The highest BCUT2D eigenvalue weighted by Gasteiger charge is 2.10. The summed E-state index contributed by atoms with van der Waals surface area (Å²) in [4.78, 5) is 12.1. The van der Waals surface area contributed by atoms with E-state index in [-0.39, 0.29) is 5.91 Å². The topological polar surface area (TPSA) is 55.1 Å². The zero-order valence-corrected chi connectivity index (χ0v) is 15.8. The van der Waals surface area contributed by atoms with Crippen LogP contribution in [0.5, 0.6) is 0 Å². The van der Waals surface area contributed by atoms with Crippen LogP contribution in [0.15, 0.2) is 49.8 Å². The molecule has 0 aliphatic heterocycles. The summed E-state index contributed by atoms with van der Waals surface area (Å²) in [5.74, 6) is -0.0406. The molecule has 0 bridgehead atoms. The summed E-state index contributed by atoms with van der Waals surface area (Å²) in [5, 5.41) is 2.91. The molecule has 0 aromatic heterocycles. The fourth-order valence-corrected chi connectivity index (χ4v) is 4.33. The minimum absolute atomic E-state index is 0.0406. The van der Waals surface area contributed by atoms with E-state index in [0.29, 0.717) is 18.5 Å². The van der Waals surface area contributed by atoms with Crippen LogP contribution in [0.4, 0.5) is 11.4 Å². The van der Waals surface area contributed by atoms with E-state index >= 15 is 0 Å². The van der Waals surface area contributed by atoms with E-state index in [9.17, 15) is 4.79 Å². The van der Waals surface area contributed by atoms with Gasteiger partial charge in [0.15, 0.2) is 0 Å². The Morgan fingerprint density at radius 1 is 1.10 bits per heavy atom. The highest BCUT2D eigenvalue weighted by atomic mass is 79.9. The SMILES string of the molecule is Nc1cccc(CCC(=O)Nc2c(Br)cc(Br)cc2Br)c1. The van der Waals surface area contributed by atoms with Crippen LogP contribution in [0.3, 0.4) is 0 Å². The van der Waals surface area contributed by atoms with Crippen molar-refractivity contribution in [3.8, 4) is 0 Å². The van der Waals surface area contributed by atoms with E-state index in [1.165, 1.54) is 0 Å². The van der Waals surface area contributed by atoms with E-state index in [1.54, 1.807) is 0 Å². The van der Waals surface area contributed by atoms with Gasteiger partial charge in [-0.25, -0.2) is 0 Å². The first-order valence-corrected chi connectivity index (χ1v) is 8.62. The molecule has 0 aliphatic rings. The number of nitrogen functional groups attached to an aromatic ring is 1. The number of halogens is 3.